The molecule has 0 aliphatic carbocycles. The zero-order chi connectivity index (χ0) is 17.9. The number of H-pyrrole nitrogens is 1. The molecular formula is C18H20N6O2. The SMILES string of the molecule is Cc1nc(CCC(=O)N2CCCC2c2nc(-c3ccccc3)no2)n[nH]1. The molecule has 0 bridgehead atoms. The van der Waals surface area contributed by atoms with Gasteiger partial charge in [-0.15, -0.1) is 0 Å². The van der Waals surface area contributed by atoms with Gasteiger partial charge in [0.15, 0.2) is 5.82 Å². The zero-order valence-electron chi connectivity index (χ0n) is 14.6. The number of hydrogen-bond donors (Lipinski definition) is 1. The number of aryl methyl sites for hydroxylation is 2. The minimum atomic E-state index is -0.152. The largest absolute Gasteiger partial charge is 0.337 e. The molecule has 1 N–H and O–H groups in total. The van der Waals surface area contributed by atoms with Crippen molar-refractivity contribution < 1.29 is 9.32 Å². The molecule has 26 heavy (non-hydrogen) atoms. The van der Waals surface area contributed by atoms with Gasteiger partial charge < -0.3 is 9.42 Å². The predicted octanol–water partition coefficient (Wildman–Crippen LogP) is 2.46. The summed E-state index contributed by atoms with van der Waals surface area (Å²) < 4.78 is 5.46. The van der Waals surface area contributed by atoms with E-state index in [1.165, 1.54) is 0 Å². The molecule has 1 saturated heterocycles. The third-order valence-electron chi connectivity index (χ3n) is 4.54. The van der Waals surface area contributed by atoms with Crippen molar-refractivity contribution in [1.29, 1.82) is 0 Å². The third kappa shape index (κ3) is 3.35. The zero-order valence-corrected chi connectivity index (χ0v) is 14.6. The molecule has 1 aliphatic heterocycles. The Hall–Kier alpha value is -3.03. The van der Waals surface area contributed by atoms with Crippen LogP contribution in [0.1, 0.15) is 42.8 Å². The first kappa shape index (κ1) is 16.4. The fourth-order valence-electron chi connectivity index (χ4n) is 3.26. The maximum Gasteiger partial charge on any atom is 0.249 e. The van der Waals surface area contributed by atoms with Gasteiger partial charge in [-0.05, 0) is 19.8 Å². The van der Waals surface area contributed by atoms with E-state index in [2.05, 4.69) is 25.3 Å². The van der Waals surface area contributed by atoms with Gasteiger partial charge in [0, 0.05) is 24.9 Å². The van der Waals surface area contributed by atoms with Crippen LogP contribution in [0.5, 0.6) is 0 Å². The number of benzene rings is 1. The topological polar surface area (TPSA) is 101 Å². The normalized spacial score (nSPS) is 17.0. The van der Waals surface area contributed by atoms with Gasteiger partial charge in [0.1, 0.15) is 11.9 Å². The molecule has 0 saturated carbocycles. The molecule has 3 aromatic rings. The van der Waals surface area contributed by atoms with E-state index in [9.17, 15) is 4.79 Å². The number of amides is 1. The molecule has 3 heterocycles. The summed E-state index contributed by atoms with van der Waals surface area (Å²) in [6.07, 6.45) is 2.65. The van der Waals surface area contributed by atoms with E-state index >= 15 is 0 Å². The Morgan fingerprint density at radius 2 is 2.15 bits per heavy atom. The van der Waals surface area contributed by atoms with Gasteiger partial charge in [-0.2, -0.15) is 10.1 Å². The first-order chi connectivity index (χ1) is 12.7. The second kappa shape index (κ2) is 7.07. The lowest BCUT2D eigenvalue weighted by Crippen LogP contribution is -2.31. The van der Waals surface area contributed by atoms with Crippen LogP contribution in [0.3, 0.4) is 0 Å². The Kier molecular flexibility index (Phi) is 4.47. The molecular weight excluding hydrogens is 332 g/mol. The van der Waals surface area contributed by atoms with Crippen LogP contribution in [-0.4, -0.2) is 42.7 Å². The Morgan fingerprint density at radius 3 is 2.92 bits per heavy atom. The van der Waals surface area contributed by atoms with Crippen LogP contribution in [0.25, 0.3) is 11.4 Å². The average molecular weight is 352 g/mol. The molecule has 4 rings (SSSR count). The molecule has 1 atom stereocenters. The van der Waals surface area contributed by atoms with Gasteiger partial charge in [0.05, 0.1) is 0 Å². The molecule has 1 unspecified atom stereocenters. The summed E-state index contributed by atoms with van der Waals surface area (Å²) in [6.45, 7) is 2.55. The van der Waals surface area contributed by atoms with Crippen LogP contribution in [0.4, 0.5) is 0 Å². The molecule has 1 amide bonds. The highest BCUT2D eigenvalue weighted by atomic mass is 16.5. The first-order valence-corrected chi connectivity index (χ1v) is 8.77. The van der Waals surface area contributed by atoms with Crippen molar-refractivity contribution >= 4 is 5.91 Å². The first-order valence-electron chi connectivity index (χ1n) is 8.77. The summed E-state index contributed by atoms with van der Waals surface area (Å²) in [7, 11) is 0. The molecule has 1 fully saturated rings. The minimum Gasteiger partial charge on any atom is -0.337 e. The second-order valence-electron chi connectivity index (χ2n) is 6.40. The van der Waals surface area contributed by atoms with Crippen molar-refractivity contribution in [3.63, 3.8) is 0 Å². The highest BCUT2D eigenvalue weighted by Crippen LogP contribution is 2.32. The number of carbonyl (C=O) groups is 1. The molecule has 1 aromatic carbocycles. The smallest absolute Gasteiger partial charge is 0.249 e. The maximum absolute atomic E-state index is 12.7. The number of carbonyl (C=O) groups excluding carboxylic acids is 1. The van der Waals surface area contributed by atoms with E-state index < -0.39 is 0 Å². The van der Waals surface area contributed by atoms with E-state index in [0.717, 1.165) is 24.2 Å². The van der Waals surface area contributed by atoms with Crippen molar-refractivity contribution in [1.82, 2.24) is 30.2 Å². The Bertz CT molecular complexity index is 888. The standard InChI is InChI=1S/C18H20N6O2/c1-12-19-15(22-21-12)9-10-16(25)24-11-5-8-14(24)18-20-17(23-26-18)13-6-3-2-4-7-13/h2-4,6-7,14H,5,8-11H2,1H3,(H,19,21,22). The fraction of sp³-hybridized carbons (Fsp3) is 0.389. The number of aromatic nitrogens is 5. The highest BCUT2D eigenvalue weighted by Gasteiger charge is 2.33. The van der Waals surface area contributed by atoms with Gasteiger partial charge >= 0.3 is 0 Å². The van der Waals surface area contributed by atoms with Crippen LogP contribution in [0, 0.1) is 6.92 Å². The van der Waals surface area contributed by atoms with Crippen LogP contribution < -0.4 is 0 Å². The van der Waals surface area contributed by atoms with Crippen LogP contribution in [0.15, 0.2) is 34.9 Å². The summed E-state index contributed by atoms with van der Waals surface area (Å²) >= 11 is 0. The summed E-state index contributed by atoms with van der Waals surface area (Å²) in [5.74, 6) is 2.54. The van der Waals surface area contributed by atoms with E-state index in [1.54, 1.807) is 0 Å². The van der Waals surface area contributed by atoms with E-state index in [0.29, 0.717) is 36.9 Å². The number of nitrogens with one attached hydrogen (secondary N) is 1. The molecule has 0 spiro atoms. The van der Waals surface area contributed by atoms with Gasteiger partial charge in [0.2, 0.25) is 17.6 Å². The lowest BCUT2D eigenvalue weighted by molar-refractivity contribution is -0.132. The summed E-state index contributed by atoms with van der Waals surface area (Å²) in [6, 6.07) is 9.53. The predicted molar refractivity (Wildman–Crippen MR) is 92.9 cm³/mol. The Balaban J connectivity index is 1.44. The average Bonchev–Trinajstić information content (AvgIpc) is 3.40. The Labute approximate surface area is 150 Å². The van der Waals surface area contributed by atoms with Crippen molar-refractivity contribution in [2.75, 3.05) is 6.54 Å². The molecule has 8 nitrogen and oxygen atoms in total. The van der Waals surface area contributed by atoms with Crippen LogP contribution in [0.2, 0.25) is 0 Å². The molecule has 8 heteroatoms. The van der Waals surface area contributed by atoms with Crippen LogP contribution >= 0.6 is 0 Å². The lowest BCUT2D eigenvalue weighted by Gasteiger charge is -2.21. The van der Waals surface area contributed by atoms with Gasteiger partial charge in [-0.3, -0.25) is 9.89 Å². The van der Waals surface area contributed by atoms with Gasteiger partial charge in [-0.25, -0.2) is 4.98 Å². The van der Waals surface area contributed by atoms with Crippen molar-refractivity contribution in [3.05, 3.63) is 47.9 Å². The molecule has 1 aliphatic rings. The van der Waals surface area contributed by atoms with Crippen molar-refractivity contribution in [3.8, 4) is 11.4 Å². The Morgan fingerprint density at radius 1 is 1.31 bits per heavy atom. The summed E-state index contributed by atoms with van der Waals surface area (Å²) in [4.78, 5) is 23.3. The van der Waals surface area contributed by atoms with E-state index in [4.69, 9.17) is 4.52 Å². The number of likely N-dealkylation sites (tertiary alicyclic amines) is 1. The summed E-state index contributed by atoms with van der Waals surface area (Å²) in [5.41, 5.74) is 0.901. The fourth-order valence-corrected chi connectivity index (χ4v) is 3.26. The molecule has 0 radical (unpaired) electrons. The monoisotopic (exact) mass is 352 g/mol. The van der Waals surface area contributed by atoms with Crippen molar-refractivity contribution in [2.45, 2.75) is 38.6 Å². The lowest BCUT2D eigenvalue weighted by atomic mass is 10.2. The maximum atomic E-state index is 12.7. The molecule has 134 valence electrons. The second-order valence-corrected chi connectivity index (χ2v) is 6.40. The number of nitrogens with zero attached hydrogens (tertiary/aromatic N) is 5. The third-order valence-corrected chi connectivity index (χ3v) is 4.54. The number of hydrogen-bond acceptors (Lipinski definition) is 6. The van der Waals surface area contributed by atoms with Crippen molar-refractivity contribution in [2.24, 2.45) is 0 Å². The minimum absolute atomic E-state index is 0.0643. The number of aromatic amines is 1. The van der Waals surface area contributed by atoms with E-state index in [1.807, 2.05) is 42.2 Å². The van der Waals surface area contributed by atoms with Gasteiger partial charge in [0.25, 0.3) is 0 Å². The van der Waals surface area contributed by atoms with Gasteiger partial charge in [-0.1, -0.05) is 35.5 Å². The molecule has 2 aromatic heterocycles. The van der Waals surface area contributed by atoms with E-state index in [-0.39, 0.29) is 11.9 Å². The summed E-state index contributed by atoms with van der Waals surface area (Å²) in [5, 5.41) is 10.9. The quantitative estimate of drug-likeness (QED) is 0.757. The van der Waals surface area contributed by atoms with Crippen LogP contribution in [-0.2, 0) is 11.2 Å². The number of rotatable bonds is 5. The highest BCUT2D eigenvalue weighted by molar-refractivity contribution is 5.77.